The predicted molar refractivity (Wildman–Crippen MR) is 110 cm³/mol. The van der Waals surface area contributed by atoms with Gasteiger partial charge in [0.1, 0.15) is 0 Å². The molecule has 5 heteroatoms. The summed E-state index contributed by atoms with van der Waals surface area (Å²) in [4.78, 5) is 24.0. The largest absolute Gasteiger partial charge is 0.341 e. The van der Waals surface area contributed by atoms with E-state index in [0.29, 0.717) is 5.56 Å². The number of benzene rings is 2. The molecule has 4 rings (SSSR count). The van der Waals surface area contributed by atoms with Crippen molar-refractivity contribution >= 4 is 39.2 Å². The van der Waals surface area contributed by atoms with Crippen LogP contribution < -0.4 is 9.88 Å². The number of nitrogens with one attached hydrogen (secondary N) is 1. The zero-order valence-corrected chi connectivity index (χ0v) is 16.0. The van der Waals surface area contributed by atoms with Gasteiger partial charge in [-0.3, -0.25) is 9.59 Å². The molecule has 0 spiro atoms. The van der Waals surface area contributed by atoms with Crippen LogP contribution >= 0.6 is 0 Å². The molecule has 0 saturated carbocycles. The van der Waals surface area contributed by atoms with E-state index in [1.54, 1.807) is 29.1 Å². The average molecular weight is 372 g/mol. The lowest BCUT2D eigenvalue weighted by Gasteiger charge is -2.06. The number of para-hydroxylation sites is 1. The van der Waals surface area contributed by atoms with E-state index in [1.807, 2.05) is 24.3 Å². The number of carbonyl (C=O) groups excluding carboxylic acids is 2. The Morgan fingerprint density at radius 1 is 1.00 bits per heavy atom. The molecule has 0 atom stereocenters. The van der Waals surface area contributed by atoms with Crippen LogP contribution in [0.4, 0.5) is 5.69 Å². The molecule has 0 saturated heterocycles. The van der Waals surface area contributed by atoms with E-state index in [2.05, 4.69) is 35.0 Å². The fourth-order valence-electron chi connectivity index (χ4n) is 3.67. The summed E-state index contributed by atoms with van der Waals surface area (Å²) >= 11 is 0. The van der Waals surface area contributed by atoms with Crippen LogP contribution in [-0.2, 0) is 17.9 Å². The second-order valence-electron chi connectivity index (χ2n) is 6.86. The lowest BCUT2D eigenvalue weighted by molar-refractivity contribution is -0.684. The Labute approximate surface area is 163 Å². The van der Waals surface area contributed by atoms with Crippen molar-refractivity contribution in [1.29, 1.82) is 0 Å². The molecule has 0 bridgehead atoms. The standard InChI is InChI=1S/C23H21N3O2/c1-3-26-21-9-5-4-8-19(21)20-13-18(10-11-22(20)26)24-23(28)15-25-12-6-7-17(14-25)16(2)27/h4-14H,3,15H2,1-2H3/p+1. The second kappa shape index (κ2) is 7.27. The normalized spacial score (nSPS) is 11.1. The van der Waals surface area contributed by atoms with E-state index in [4.69, 9.17) is 0 Å². The SMILES string of the molecule is CCn1c2ccccc2c2cc(NC(=O)C[n+]3cccc(C(C)=O)c3)ccc21. The second-order valence-corrected chi connectivity index (χ2v) is 6.86. The van der Waals surface area contributed by atoms with Crippen molar-refractivity contribution in [1.82, 2.24) is 4.57 Å². The zero-order valence-electron chi connectivity index (χ0n) is 16.0. The van der Waals surface area contributed by atoms with Crippen molar-refractivity contribution in [3.63, 3.8) is 0 Å². The van der Waals surface area contributed by atoms with Gasteiger partial charge in [-0.25, -0.2) is 0 Å². The first kappa shape index (κ1) is 17.9. The van der Waals surface area contributed by atoms with Gasteiger partial charge in [0, 0.05) is 40.1 Å². The summed E-state index contributed by atoms with van der Waals surface area (Å²) in [6.07, 6.45) is 3.48. The van der Waals surface area contributed by atoms with Crippen LogP contribution in [0.5, 0.6) is 0 Å². The summed E-state index contributed by atoms with van der Waals surface area (Å²) in [5, 5.41) is 5.28. The number of pyridine rings is 1. The Bertz CT molecular complexity index is 1210. The molecule has 0 aliphatic carbocycles. The molecule has 2 aromatic carbocycles. The van der Waals surface area contributed by atoms with Gasteiger partial charge in [-0.15, -0.1) is 0 Å². The number of hydrogen-bond acceptors (Lipinski definition) is 2. The third-order valence-electron chi connectivity index (χ3n) is 4.96. The van der Waals surface area contributed by atoms with Gasteiger partial charge in [-0.2, -0.15) is 4.57 Å². The zero-order chi connectivity index (χ0) is 19.7. The summed E-state index contributed by atoms with van der Waals surface area (Å²) in [6, 6.07) is 17.8. The first-order valence-electron chi connectivity index (χ1n) is 9.37. The highest BCUT2D eigenvalue weighted by molar-refractivity contribution is 6.09. The van der Waals surface area contributed by atoms with Gasteiger partial charge in [0.25, 0.3) is 5.91 Å². The first-order chi connectivity index (χ1) is 13.6. The minimum absolute atomic E-state index is 0.0208. The molecule has 140 valence electrons. The number of amides is 1. The summed E-state index contributed by atoms with van der Waals surface area (Å²) < 4.78 is 3.99. The van der Waals surface area contributed by atoms with Crippen molar-refractivity contribution in [2.45, 2.75) is 26.9 Å². The summed E-state index contributed by atoms with van der Waals surface area (Å²) in [7, 11) is 0. The molecule has 28 heavy (non-hydrogen) atoms. The number of rotatable bonds is 5. The van der Waals surface area contributed by atoms with Crippen LogP contribution in [0.2, 0.25) is 0 Å². The van der Waals surface area contributed by atoms with E-state index in [9.17, 15) is 9.59 Å². The Morgan fingerprint density at radius 2 is 1.79 bits per heavy atom. The lowest BCUT2D eigenvalue weighted by Crippen LogP contribution is -2.40. The van der Waals surface area contributed by atoms with E-state index >= 15 is 0 Å². The number of aromatic nitrogens is 2. The molecule has 0 unspecified atom stereocenters. The van der Waals surface area contributed by atoms with E-state index in [1.165, 1.54) is 17.8 Å². The fourth-order valence-corrected chi connectivity index (χ4v) is 3.67. The molecule has 0 aliphatic rings. The van der Waals surface area contributed by atoms with Crippen molar-refractivity contribution in [2.75, 3.05) is 5.32 Å². The summed E-state index contributed by atoms with van der Waals surface area (Å²) in [5.74, 6) is -0.156. The van der Waals surface area contributed by atoms with Crippen molar-refractivity contribution in [3.05, 3.63) is 72.6 Å². The highest BCUT2D eigenvalue weighted by Crippen LogP contribution is 2.30. The molecule has 2 heterocycles. The van der Waals surface area contributed by atoms with Crippen LogP contribution in [0.15, 0.2) is 67.0 Å². The smallest absolute Gasteiger partial charge is 0.290 e. The molecule has 2 aromatic heterocycles. The van der Waals surface area contributed by atoms with Crippen LogP contribution in [0.1, 0.15) is 24.2 Å². The average Bonchev–Trinajstić information content (AvgIpc) is 3.01. The number of ketones is 1. The van der Waals surface area contributed by atoms with Gasteiger partial charge in [0.05, 0.1) is 5.56 Å². The van der Waals surface area contributed by atoms with E-state index in [0.717, 1.165) is 23.1 Å². The summed E-state index contributed by atoms with van der Waals surface area (Å²) in [5.41, 5.74) is 3.70. The minimum atomic E-state index is -0.135. The fraction of sp³-hybridized carbons (Fsp3) is 0.174. The number of carbonyl (C=O) groups is 2. The Hall–Kier alpha value is -3.47. The maximum absolute atomic E-state index is 12.5. The first-order valence-corrected chi connectivity index (χ1v) is 9.37. The molecule has 0 radical (unpaired) electrons. The molecular weight excluding hydrogens is 350 g/mol. The van der Waals surface area contributed by atoms with Crippen LogP contribution in [-0.4, -0.2) is 16.3 Å². The van der Waals surface area contributed by atoms with E-state index in [-0.39, 0.29) is 18.2 Å². The quantitative estimate of drug-likeness (QED) is 0.426. The maximum Gasteiger partial charge on any atom is 0.290 e. The molecule has 1 amide bonds. The number of nitrogens with zero attached hydrogens (tertiary/aromatic N) is 2. The van der Waals surface area contributed by atoms with Crippen LogP contribution in [0.3, 0.4) is 0 Å². The minimum Gasteiger partial charge on any atom is -0.341 e. The highest BCUT2D eigenvalue weighted by atomic mass is 16.2. The monoisotopic (exact) mass is 372 g/mol. The third kappa shape index (κ3) is 3.27. The van der Waals surface area contributed by atoms with E-state index < -0.39 is 0 Å². The molecular formula is C23H22N3O2+. The van der Waals surface area contributed by atoms with Gasteiger partial charge in [0.15, 0.2) is 18.2 Å². The van der Waals surface area contributed by atoms with Gasteiger partial charge in [-0.1, -0.05) is 18.2 Å². The van der Waals surface area contributed by atoms with Crippen molar-refractivity contribution in [3.8, 4) is 0 Å². The van der Waals surface area contributed by atoms with Gasteiger partial charge in [0.2, 0.25) is 6.54 Å². The lowest BCUT2D eigenvalue weighted by atomic mass is 10.1. The predicted octanol–water partition coefficient (Wildman–Crippen LogP) is 3.94. The Kier molecular flexibility index (Phi) is 4.65. The number of anilines is 1. The van der Waals surface area contributed by atoms with Crippen molar-refractivity contribution < 1.29 is 14.2 Å². The van der Waals surface area contributed by atoms with Crippen molar-refractivity contribution in [2.24, 2.45) is 0 Å². The molecule has 4 aromatic rings. The number of hydrogen-bond donors (Lipinski definition) is 1. The molecule has 0 aliphatic heterocycles. The van der Waals surface area contributed by atoms with Crippen LogP contribution in [0, 0.1) is 0 Å². The number of Topliss-reactive ketones (excluding diaryl/α,β-unsaturated/α-hetero) is 1. The molecule has 1 N–H and O–H groups in total. The number of aryl methyl sites for hydroxylation is 1. The number of fused-ring (bicyclic) bond motifs is 3. The highest BCUT2D eigenvalue weighted by Gasteiger charge is 2.14. The van der Waals surface area contributed by atoms with Crippen LogP contribution in [0.25, 0.3) is 21.8 Å². The Balaban J connectivity index is 1.61. The molecule has 0 fully saturated rings. The third-order valence-corrected chi connectivity index (χ3v) is 4.96. The van der Waals surface area contributed by atoms with Gasteiger partial charge >= 0.3 is 0 Å². The van der Waals surface area contributed by atoms with Gasteiger partial charge < -0.3 is 9.88 Å². The molecule has 5 nitrogen and oxygen atoms in total. The summed E-state index contributed by atoms with van der Waals surface area (Å²) in [6.45, 7) is 4.68. The van der Waals surface area contributed by atoms with Gasteiger partial charge in [-0.05, 0) is 44.2 Å². The topological polar surface area (TPSA) is 55.0 Å². The maximum atomic E-state index is 12.5. The Morgan fingerprint density at radius 3 is 2.57 bits per heavy atom.